The Kier molecular flexibility index (Phi) is 5.58. The first-order valence-electron chi connectivity index (χ1n) is 7.48. The first kappa shape index (κ1) is 18.7. The second kappa shape index (κ2) is 7.47. The van der Waals surface area contributed by atoms with Gasteiger partial charge in [0.15, 0.2) is 0 Å². The van der Waals surface area contributed by atoms with Crippen molar-refractivity contribution in [3.63, 3.8) is 0 Å². The van der Waals surface area contributed by atoms with Gasteiger partial charge in [-0.2, -0.15) is 0 Å². The van der Waals surface area contributed by atoms with Crippen molar-refractivity contribution >= 4 is 40.1 Å². The number of rotatable bonds is 5. The number of primary amides is 1. The van der Waals surface area contributed by atoms with Crippen LogP contribution in [-0.2, 0) is 14.3 Å². The molecule has 0 unspecified atom stereocenters. The second-order valence-corrected chi connectivity index (χ2v) is 6.62. The largest absolute Gasteiger partial charge is 0.481 e. The Morgan fingerprint density at radius 1 is 1.24 bits per heavy atom. The van der Waals surface area contributed by atoms with Crippen LogP contribution in [-0.4, -0.2) is 36.0 Å². The van der Waals surface area contributed by atoms with Crippen LogP contribution in [0, 0.1) is 18.8 Å². The Morgan fingerprint density at radius 2 is 1.84 bits per heavy atom. The summed E-state index contributed by atoms with van der Waals surface area (Å²) in [5.41, 5.74) is 5.66. The highest BCUT2D eigenvalue weighted by Gasteiger charge is 2.35. The lowest BCUT2D eigenvalue weighted by molar-refractivity contribution is -0.146. The second-order valence-electron chi connectivity index (χ2n) is 5.60. The number of thiophene rings is 1. The van der Waals surface area contributed by atoms with Crippen molar-refractivity contribution in [3.05, 3.63) is 28.2 Å². The number of carbonyl (C=O) groups is 4. The van der Waals surface area contributed by atoms with Crippen molar-refractivity contribution in [1.29, 1.82) is 0 Å². The van der Waals surface area contributed by atoms with Gasteiger partial charge in [0.25, 0.3) is 5.91 Å². The molecular weight excluding hydrogens is 348 g/mol. The van der Waals surface area contributed by atoms with E-state index < -0.39 is 35.6 Å². The Labute approximate surface area is 147 Å². The highest BCUT2D eigenvalue weighted by molar-refractivity contribution is 7.18. The molecule has 2 rings (SSSR count). The van der Waals surface area contributed by atoms with Crippen LogP contribution in [0.2, 0.25) is 0 Å². The van der Waals surface area contributed by atoms with E-state index >= 15 is 0 Å². The number of nitrogens with one attached hydrogen (secondary N) is 1. The van der Waals surface area contributed by atoms with Gasteiger partial charge in [-0.1, -0.05) is 12.2 Å². The molecule has 1 aromatic heterocycles. The fraction of sp³-hybridized carbons (Fsp3) is 0.375. The quantitative estimate of drug-likeness (QED) is 0.534. The zero-order valence-electron chi connectivity index (χ0n) is 13.7. The van der Waals surface area contributed by atoms with Crippen LogP contribution in [0.5, 0.6) is 0 Å². The molecule has 0 fully saturated rings. The number of allylic oxidation sites excluding steroid dienone is 2. The maximum atomic E-state index is 12.6. The number of aliphatic carboxylic acids is 1. The molecule has 2 atom stereocenters. The van der Waals surface area contributed by atoms with Crippen LogP contribution in [0.3, 0.4) is 0 Å². The molecule has 1 aromatic rings. The molecule has 0 aliphatic heterocycles. The number of hydrogen-bond donors (Lipinski definition) is 3. The zero-order valence-corrected chi connectivity index (χ0v) is 14.5. The van der Waals surface area contributed by atoms with Gasteiger partial charge >= 0.3 is 11.9 Å². The van der Waals surface area contributed by atoms with E-state index in [9.17, 15) is 24.3 Å². The van der Waals surface area contributed by atoms with Crippen molar-refractivity contribution in [3.8, 4) is 0 Å². The van der Waals surface area contributed by atoms with Crippen molar-refractivity contribution in [2.75, 3.05) is 12.4 Å². The van der Waals surface area contributed by atoms with Gasteiger partial charge < -0.3 is 20.9 Å². The molecule has 0 saturated heterocycles. The molecule has 0 spiro atoms. The molecule has 8 nitrogen and oxygen atoms in total. The summed E-state index contributed by atoms with van der Waals surface area (Å²) in [6.07, 6.45) is 4.01. The van der Waals surface area contributed by atoms with Gasteiger partial charge in [0, 0.05) is 0 Å². The number of hydrogen-bond acceptors (Lipinski definition) is 6. The molecule has 134 valence electrons. The summed E-state index contributed by atoms with van der Waals surface area (Å²) in [6.45, 7) is 1.53. The average Bonchev–Trinajstić information content (AvgIpc) is 2.90. The number of carboxylic acids is 1. The number of carbonyl (C=O) groups excluding carboxylic acids is 3. The minimum Gasteiger partial charge on any atom is -0.481 e. The van der Waals surface area contributed by atoms with Gasteiger partial charge in [-0.15, -0.1) is 11.3 Å². The Morgan fingerprint density at radius 3 is 2.36 bits per heavy atom. The van der Waals surface area contributed by atoms with Crippen molar-refractivity contribution in [2.45, 2.75) is 19.8 Å². The van der Waals surface area contributed by atoms with Gasteiger partial charge in [-0.3, -0.25) is 14.4 Å². The number of methoxy groups -OCH3 is 1. The molecule has 9 heteroatoms. The van der Waals surface area contributed by atoms with E-state index in [4.69, 9.17) is 10.5 Å². The molecule has 0 radical (unpaired) electrons. The van der Waals surface area contributed by atoms with E-state index in [1.807, 2.05) is 0 Å². The number of amides is 2. The van der Waals surface area contributed by atoms with Crippen LogP contribution in [0.15, 0.2) is 12.2 Å². The summed E-state index contributed by atoms with van der Waals surface area (Å²) in [5.74, 6) is -4.64. The molecule has 1 aliphatic rings. The van der Waals surface area contributed by atoms with Gasteiger partial charge in [-0.05, 0) is 25.3 Å². The highest BCUT2D eigenvalue weighted by Crippen LogP contribution is 2.35. The van der Waals surface area contributed by atoms with Crippen LogP contribution in [0.25, 0.3) is 0 Å². The third-order valence-electron chi connectivity index (χ3n) is 4.08. The molecule has 1 heterocycles. The smallest absolute Gasteiger partial charge is 0.341 e. The summed E-state index contributed by atoms with van der Waals surface area (Å²) >= 11 is 0.867. The van der Waals surface area contributed by atoms with Crippen LogP contribution in [0.4, 0.5) is 5.00 Å². The fourth-order valence-corrected chi connectivity index (χ4v) is 3.82. The molecular formula is C16H18N2O6S. The number of carboxylic acid groups (broad SMARTS) is 1. The standard InChI is InChI=1S/C16H18N2O6S/c1-7-10(16(23)24-2)14(25-11(7)12(17)19)18-13(20)8-5-3-4-6-9(8)15(21)22/h3-4,8-9H,5-6H2,1-2H3,(H2,17,19)(H,18,20)(H,21,22)/t8-,9-/m0/s1. The summed E-state index contributed by atoms with van der Waals surface area (Å²) in [6, 6.07) is 0. The predicted octanol–water partition coefficient (Wildman–Crippen LogP) is 1.55. The van der Waals surface area contributed by atoms with E-state index in [0.29, 0.717) is 5.56 Å². The summed E-state index contributed by atoms with van der Waals surface area (Å²) < 4.78 is 4.70. The topological polar surface area (TPSA) is 136 Å². The Balaban J connectivity index is 2.35. The number of ether oxygens (including phenoxy) is 1. The lowest BCUT2D eigenvalue weighted by Crippen LogP contribution is -2.34. The summed E-state index contributed by atoms with van der Waals surface area (Å²) in [7, 11) is 1.18. The maximum Gasteiger partial charge on any atom is 0.341 e. The first-order valence-corrected chi connectivity index (χ1v) is 8.29. The first-order chi connectivity index (χ1) is 11.8. The molecule has 1 aliphatic carbocycles. The predicted molar refractivity (Wildman–Crippen MR) is 90.5 cm³/mol. The van der Waals surface area contributed by atoms with Crippen molar-refractivity contribution in [1.82, 2.24) is 0 Å². The number of anilines is 1. The third-order valence-corrected chi connectivity index (χ3v) is 5.30. The summed E-state index contributed by atoms with van der Waals surface area (Å²) in [4.78, 5) is 47.5. The molecule has 4 N–H and O–H groups in total. The minimum atomic E-state index is -1.06. The van der Waals surface area contributed by atoms with Gasteiger partial charge in [0.05, 0.1) is 29.4 Å². The average molecular weight is 366 g/mol. The zero-order chi connectivity index (χ0) is 18.7. The van der Waals surface area contributed by atoms with Crippen molar-refractivity contribution < 1.29 is 29.0 Å². The van der Waals surface area contributed by atoms with Gasteiger partial charge in [0.1, 0.15) is 5.00 Å². The van der Waals surface area contributed by atoms with Crippen LogP contribution >= 0.6 is 11.3 Å². The molecule has 0 aromatic carbocycles. The van der Waals surface area contributed by atoms with E-state index in [1.54, 1.807) is 12.2 Å². The third kappa shape index (κ3) is 3.71. The summed E-state index contributed by atoms with van der Waals surface area (Å²) in [5, 5.41) is 12.0. The molecule has 25 heavy (non-hydrogen) atoms. The minimum absolute atomic E-state index is 0.0490. The lowest BCUT2D eigenvalue weighted by Gasteiger charge is -2.24. The fourth-order valence-electron chi connectivity index (χ4n) is 2.77. The highest BCUT2D eigenvalue weighted by atomic mass is 32.1. The molecule has 2 amide bonds. The van der Waals surface area contributed by atoms with E-state index in [2.05, 4.69) is 5.32 Å². The number of nitrogens with two attached hydrogens (primary N) is 1. The molecule has 0 saturated carbocycles. The van der Waals surface area contributed by atoms with E-state index in [0.717, 1.165) is 11.3 Å². The number of esters is 1. The SMILES string of the molecule is COC(=O)c1c(NC(=O)[C@H]2CC=CC[C@@H]2C(=O)O)sc(C(N)=O)c1C. The van der Waals surface area contributed by atoms with E-state index in [-0.39, 0.29) is 28.3 Å². The molecule has 0 bridgehead atoms. The maximum absolute atomic E-state index is 12.6. The monoisotopic (exact) mass is 366 g/mol. The van der Waals surface area contributed by atoms with Crippen molar-refractivity contribution in [2.24, 2.45) is 17.6 Å². The normalized spacial score (nSPS) is 19.3. The lowest BCUT2D eigenvalue weighted by atomic mass is 9.82. The Bertz CT molecular complexity index is 767. The van der Waals surface area contributed by atoms with E-state index in [1.165, 1.54) is 14.0 Å². The van der Waals surface area contributed by atoms with Gasteiger partial charge in [0.2, 0.25) is 5.91 Å². The van der Waals surface area contributed by atoms with Gasteiger partial charge in [-0.25, -0.2) is 4.79 Å². The van der Waals surface area contributed by atoms with Crippen LogP contribution in [0.1, 0.15) is 38.4 Å². The Hall–Kier alpha value is -2.68. The van der Waals surface area contributed by atoms with Crippen LogP contribution < -0.4 is 11.1 Å².